The molecule has 1 fully saturated rings. The number of thioether (sulfide) groups is 2. The van der Waals surface area contributed by atoms with Crippen LogP contribution in [-0.2, 0) is 11.4 Å². The highest BCUT2D eigenvalue weighted by atomic mass is 32.2. The van der Waals surface area contributed by atoms with Crippen molar-refractivity contribution in [2.75, 3.05) is 24.7 Å². The fraction of sp³-hybridized carbons (Fsp3) is 0.259. The minimum Gasteiger partial charge on any atom is -0.490 e. The van der Waals surface area contributed by atoms with E-state index in [-0.39, 0.29) is 24.9 Å². The van der Waals surface area contributed by atoms with Gasteiger partial charge in [0.15, 0.2) is 18.1 Å². The Hall–Kier alpha value is -3.17. The summed E-state index contributed by atoms with van der Waals surface area (Å²) in [7, 11) is 0. The summed E-state index contributed by atoms with van der Waals surface area (Å²) in [5.74, 6) is 3.39. The van der Waals surface area contributed by atoms with Gasteiger partial charge in [0.1, 0.15) is 18.2 Å². The van der Waals surface area contributed by atoms with Gasteiger partial charge < -0.3 is 14.2 Å². The molecule has 1 N–H and O–H groups in total. The Balaban J connectivity index is 1.26. The summed E-state index contributed by atoms with van der Waals surface area (Å²) in [6.45, 7) is 2.39. The number of hydrogen-bond donors (Lipinski definition) is 1. The van der Waals surface area contributed by atoms with Gasteiger partial charge in [0, 0.05) is 11.5 Å². The van der Waals surface area contributed by atoms with Crippen molar-refractivity contribution in [2.45, 2.75) is 18.1 Å². The quantitative estimate of drug-likeness (QED) is 0.251. The SMILES string of the molecule is CCOc1cc(/C=N\NC(=O)COc2ccc(C3SCCS3)cc2)ccc1OCc1cccc(F)c1. The molecule has 0 radical (unpaired) electrons. The summed E-state index contributed by atoms with van der Waals surface area (Å²) in [6.07, 6.45) is 1.52. The molecule has 1 aliphatic heterocycles. The zero-order chi connectivity index (χ0) is 25.2. The maximum absolute atomic E-state index is 13.4. The normalized spacial score (nSPS) is 13.6. The molecule has 1 heterocycles. The zero-order valence-electron chi connectivity index (χ0n) is 19.8. The van der Waals surface area contributed by atoms with Crippen LogP contribution in [-0.4, -0.2) is 36.8 Å². The number of nitrogens with one attached hydrogen (secondary N) is 1. The van der Waals surface area contributed by atoms with Gasteiger partial charge in [0.25, 0.3) is 5.91 Å². The number of hydrogen-bond acceptors (Lipinski definition) is 7. The first-order chi connectivity index (χ1) is 17.6. The molecule has 6 nitrogen and oxygen atoms in total. The first-order valence-electron chi connectivity index (χ1n) is 11.5. The highest BCUT2D eigenvalue weighted by Gasteiger charge is 2.18. The number of amides is 1. The van der Waals surface area contributed by atoms with Crippen LogP contribution < -0.4 is 19.6 Å². The van der Waals surface area contributed by atoms with Gasteiger partial charge >= 0.3 is 0 Å². The molecule has 1 saturated heterocycles. The molecule has 0 aromatic heterocycles. The molecule has 0 unspecified atom stereocenters. The fourth-order valence-corrected chi connectivity index (χ4v) is 6.27. The Kier molecular flexibility index (Phi) is 9.52. The van der Waals surface area contributed by atoms with Gasteiger partial charge in [-0.25, -0.2) is 9.82 Å². The minimum absolute atomic E-state index is 0.138. The highest BCUT2D eigenvalue weighted by molar-refractivity contribution is 8.19. The number of hydrazone groups is 1. The van der Waals surface area contributed by atoms with Gasteiger partial charge in [0.05, 0.1) is 17.4 Å². The second-order valence-electron chi connectivity index (χ2n) is 7.78. The van der Waals surface area contributed by atoms with E-state index < -0.39 is 0 Å². The molecule has 188 valence electrons. The first-order valence-corrected chi connectivity index (χ1v) is 13.6. The molecule has 0 aliphatic carbocycles. The third kappa shape index (κ3) is 7.66. The summed E-state index contributed by atoms with van der Waals surface area (Å²) in [4.78, 5) is 12.1. The monoisotopic (exact) mass is 526 g/mol. The van der Waals surface area contributed by atoms with Crippen molar-refractivity contribution in [2.24, 2.45) is 5.10 Å². The smallest absolute Gasteiger partial charge is 0.277 e. The highest BCUT2D eigenvalue weighted by Crippen LogP contribution is 2.45. The van der Waals surface area contributed by atoms with Gasteiger partial charge in [-0.15, -0.1) is 23.5 Å². The van der Waals surface area contributed by atoms with Crippen LogP contribution in [0.3, 0.4) is 0 Å². The number of carbonyl (C=O) groups is 1. The maximum Gasteiger partial charge on any atom is 0.277 e. The van der Waals surface area contributed by atoms with Gasteiger partial charge in [-0.2, -0.15) is 5.10 Å². The van der Waals surface area contributed by atoms with Gasteiger partial charge in [-0.1, -0.05) is 24.3 Å². The molecule has 3 aromatic carbocycles. The molecule has 1 aliphatic rings. The summed E-state index contributed by atoms with van der Waals surface area (Å²) in [5.41, 5.74) is 5.17. The van der Waals surface area contributed by atoms with E-state index >= 15 is 0 Å². The summed E-state index contributed by atoms with van der Waals surface area (Å²) in [5, 5.41) is 4.01. The molecule has 1 amide bonds. The van der Waals surface area contributed by atoms with E-state index in [0.717, 1.165) is 11.1 Å². The van der Waals surface area contributed by atoms with E-state index in [2.05, 4.69) is 10.5 Å². The molecule has 4 rings (SSSR count). The second-order valence-corrected chi connectivity index (χ2v) is 10.5. The molecule has 36 heavy (non-hydrogen) atoms. The predicted molar refractivity (Wildman–Crippen MR) is 144 cm³/mol. The van der Waals surface area contributed by atoms with Crippen molar-refractivity contribution in [1.82, 2.24) is 5.43 Å². The number of ether oxygens (including phenoxy) is 3. The Labute approximate surface area is 218 Å². The average molecular weight is 527 g/mol. The van der Waals surface area contributed by atoms with Crippen LogP contribution in [0.5, 0.6) is 17.2 Å². The maximum atomic E-state index is 13.4. The molecule has 0 bridgehead atoms. The summed E-state index contributed by atoms with van der Waals surface area (Å²) in [6, 6.07) is 19.4. The van der Waals surface area contributed by atoms with Crippen LogP contribution >= 0.6 is 23.5 Å². The molecule has 0 atom stereocenters. The third-order valence-electron chi connectivity index (χ3n) is 5.10. The third-order valence-corrected chi connectivity index (χ3v) is 8.20. The van der Waals surface area contributed by atoms with E-state index in [4.69, 9.17) is 14.2 Å². The molecular formula is C27H27FN2O4S2. The standard InChI is InChI=1S/C27H27FN2O4S2/c1-2-32-25-15-19(6-11-24(25)34-17-20-4-3-5-22(28)14-20)16-29-30-26(31)18-33-23-9-7-21(8-10-23)27-35-12-13-36-27/h3-11,14-16,27H,2,12-13,17-18H2,1H3,(H,30,31)/b29-16-. The first kappa shape index (κ1) is 25.9. The molecule has 0 saturated carbocycles. The molecule has 3 aromatic rings. The predicted octanol–water partition coefficient (Wildman–Crippen LogP) is 5.81. The number of carbonyl (C=O) groups excluding carboxylic acids is 1. The van der Waals surface area contributed by atoms with Crippen molar-refractivity contribution in [3.05, 3.63) is 89.2 Å². The van der Waals surface area contributed by atoms with Crippen LogP contribution in [0.25, 0.3) is 0 Å². The number of halogens is 1. The number of nitrogens with zero attached hydrogens (tertiary/aromatic N) is 1. The Morgan fingerprint density at radius 1 is 1.03 bits per heavy atom. The molecule has 9 heteroatoms. The fourth-order valence-electron chi connectivity index (χ4n) is 3.41. The van der Waals surface area contributed by atoms with Crippen LogP contribution in [0, 0.1) is 5.82 Å². The lowest BCUT2D eigenvalue weighted by Gasteiger charge is -2.12. The van der Waals surface area contributed by atoms with E-state index in [0.29, 0.717) is 28.4 Å². The van der Waals surface area contributed by atoms with Crippen LogP contribution in [0.2, 0.25) is 0 Å². The van der Waals surface area contributed by atoms with Crippen LogP contribution in [0.1, 0.15) is 28.2 Å². The topological polar surface area (TPSA) is 69.2 Å². The van der Waals surface area contributed by atoms with Crippen LogP contribution in [0.4, 0.5) is 4.39 Å². The Bertz CT molecular complexity index is 1180. The van der Waals surface area contributed by atoms with Gasteiger partial charge in [-0.3, -0.25) is 4.79 Å². The van der Waals surface area contributed by atoms with Crippen molar-refractivity contribution in [3.63, 3.8) is 0 Å². The van der Waals surface area contributed by atoms with Crippen molar-refractivity contribution in [1.29, 1.82) is 0 Å². The van der Waals surface area contributed by atoms with Gasteiger partial charge in [0.2, 0.25) is 0 Å². The van der Waals surface area contributed by atoms with E-state index in [9.17, 15) is 9.18 Å². The van der Waals surface area contributed by atoms with Crippen LogP contribution in [0.15, 0.2) is 71.8 Å². The second kappa shape index (κ2) is 13.2. The van der Waals surface area contributed by atoms with E-state index in [1.807, 2.05) is 54.7 Å². The largest absolute Gasteiger partial charge is 0.490 e. The Morgan fingerprint density at radius 3 is 2.58 bits per heavy atom. The minimum atomic E-state index is -0.364. The lowest BCUT2D eigenvalue weighted by Crippen LogP contribution is -2.24. The number of benzene rings is 3. The molecular weight excluding hydrogens is 499 g/mol. The van der Waals surface area contributed by atoms with E-state index in [1.165, 1.54) is 35.4 Å². The Morgan fingerprint density at radius 2 is 1.83 bits per heavy atom. The molecule has 0 spiro atoms. The van der Waals surface area contributed by atoms with Crippen molar-refractivity contribution in [3.8, 4) is 17.2 Å². The van der Waals surface area contributed by atoms with Crippen molar-refractivity contribution < 1.29 is 23.4 Å². The lowest BCUT2D eigenvalue weighted by molar-refractivity contribution is -0.123. The van der Waals surface area contributed by atoms with Gasteiger partial charge in [-0.05, 0) is 66.1 Å². The lowest BCUT2D eigenvalue weighted by atomic mass is 10.2. The van der Waals surface area contributed by atoms with Crippen molar-refractivity contribution >= 4 is 35.6 Å². The zero-order valence-corrected chi connectivity index (χ0v) is 21.4. The summed E-state index contributed by atoms with van der Waals surface area (Å²) < 4.78 is 30.9. The van der Waals surface area contributed by atoms with E-state index in [1.54, 1.807) is 30.3 Å². The number of rotatable bonds is 11. The summed E-state index contributed by atoms with van der Waals surface area (Å²) >= 11 is 3.90. The average Bonchev–Trinajstić information content (AvgIpc) is 3.43.